The third-order valence-corrected chi connectivity index (χ3v) is 3.21. The summed E-state index contributed by atoms with van der Waals surface area (Å²) in [6.07, 6.45) is 1.88. The molecule has 0 spiro atoms. The minimum absolute atomic E-state index is 0.0604. The average molecular weight is 269 g/mol. The maximum Gasteiger partial charge on any atom is 0.305 e. The van der Waals surface area contributed by atoms with Crippen LogP contribution in [0.5, 0.6) is 0 Å². The summed E-state index contributed by atoms with van der Waals surface area (Å²) in [5.74, 6) is -0.380. The third-order valence-electron chi connectivity index (χ3n) is 3.21. The normalized spacial score (nSPS) is 16.5. The van der Waals surface area contributed by atoms with Crippen molar-refractivity contribution >= 4 is 5.69 Å². The highest BCUT2D eigenvalue weighted by atomic mass is 19.1. The molecule has 1 aromatic carbocycles. The molecule has 2 rings (SSSR count). The highest BCUT2D eigenvalue weighted by molar-refractivity contribution is 5.36. The van der Waals surface area contributed by atoms with Crippen molar-refractivity contribution in [3.05, 3.63) is 39.7 Å². The Balaban J connectivity index is 1.88. The first-order valence-corrected chi connectivity index (χ1v) is 6.25. The Bertz CT molecular complexity index is 446. The monoisotopic (exact) mass is 269 g/mol. The van der Waals surface area contributed by atoms with Gasteiger partial charge in [-0.1, -0.05) is 12.1 Å². The van der Waals surface area contributed by atoms with Crippen molar-refractivity contribution in [1.29, 1.82) is 0 Å². The van der Waals surface area contributed by atoms with Crippen LogP contribution in [0.25, 0.3) is 0 Å². The van der Waals surface area contributed by atoms with Gasteiger partial charge in [0.25, 0.3) is 0 Å². The van der Waals surface area contributed by atoms with Crippen molar-refractivity contribution in [2.24, 2.45) is 5.92 Å². The van der Waals surface area contributed by atoms with Crippen molar-refractivity contribution in [1.82, 2.24) is 0 Å². The number of halogens is 1. The first-order chi connectivity index (χ1) is 9.18. The van der Waals surface area contributed by atoms with Crippen LogP contribution in [0.4, 0.5) is 10.1 Å². The van der Waals surface area contributed by atoms with E-state index in [1.54, 1.807) is 0 Å². The van der Waals surface area contributed by atoms with Gasteiger partial charge < -0.3 is 9.47 Å². The van der Waals surface area contributed by atoms with E-state index in [2.05, 4.69) is 0 Å². The average Bonchev–Trinajstić information content (AvgIpc) is 2.41. The van der Waals surface area contributed by atoms with Gasteiger partial charge in [-0.15, -0.1) is 0 Å². The Kier molecular flexibility index (Phi) is 4.81. The predicted octanol–water partition coefficient (Wildman–Crippen LogP) is 2.68. The lowest BCUT2D eigenvalue weighted by Gasteiger charge is -2.21. The number of hydrogen-bond donors (Lipinski definition) is 0. The van der Waals surface area contributed by atoms with E-state index in [-0.39, 0.29) is 12.2 Å². The van der Waals surface area contributed by atoms with Gasteiger partial charge >= 0.3 is 5.69 Å². The Morgan fingerprint density at radius 1 is 1.42 bits per heavy atom. The van der Waals surface area contributed by atoms with E-state index in [1.165, 1.54) is 12.1 Å². The number of rotatable bonds is 5. The van der Waals surface area contributed by atoms with Gasteiger partial charge in [-0.25, -0.2) is 0 Å². The van der Waals surface area contributed by atoms with E-state index in [9.17, 15) is 14.5 Å². The molecule has 1 saturated heterocycles. The Morgan fingerprint density at radius 2 is 2.16 bits per heavy atom. The van der Waals surface area contributed by atoms with E-state index in [0.717, 1.165) is 32.1 Å². The summed E-state index contributed by atoms with van der Waals surface area (Å²) >= 11 is 0. The molecule has 0 amide bonds. The molecular formula is C13H16FNO4. The molecule has 0 atom stereocenters. The third kappa shape index (κ3) is 3.71. The SMILES string of the molecule is O=[N+]([O-])c1cccc(COCC2CCOCC2)c1F. The van der Waals surface area contributed by atoms with Crippen LogP contribution in [0.3, 0.4) is 0 Å². The molecule has 1 aliphatic rings. The molecule has 0 aromatic heterocycles. The van der Waals surface area contributed by atoms with Crippen molar-refractivity contribution < 1.29 is 18.8 Å². The summed E-state index contributed by atoms with van der Waals surface area (Å²) in [4.78, 5) is 9.88. The molecular weight excluding hydrogens is 253 g/mol. The highest BCUT2D eigenvalue weighted by Crippen LogP contribution is 2.21. The van der Waals surface area contributed by atoms with Gasteiger partial charge in [0.2, 0.25) is 5.82 Å². The van der Waals surface area contributed by atoms with Crippen LogP contribution in [-0.2, 0) is 16.1 Å². The molecule has 1 aliphatic heterocycles. The molecule has 104 valence electrons. The van der Waals surface area contributed by atoms with E-state index in [4.69, 9.17) is 9.47 Å². The summed E-state index contributed by atoms with van der Waals surface area (Å²) < 4.78 is 24.4. The van der Waals surface area contributed by atoms with Gasteiger partial charge in [0, 0.05) is 24.8 Å². The van der Waals surface area contributed by atoms with Gasteiger partial charge in [-0.05, 0) is 18.8 Å². The summed E-state index contributed by atoms with van der Waals surface area (Å²) in [5.41, 5.74) is -0.284. The molecule has 0 bridgehead atoms. The maximum atomic E-state index is 13.7. The van der Waals surface area contributed by atoms with Crippen LogP contribution < -0.4 is 0 Å². The lowest BCUT2D eigenvalue weighted by Crippen LogP contribution is -2.20. The Labute approximate surface area is 110 Å². The fourth-order valence-electron chi connectivity index (χ4n) is 2.07. The Hall–Kier alpha value is -1.53. The van der Waals surface area contributed by atoms with Crippen molar-refractivity contribution in [3.63, 3.8) is 0 Å². The van der Waals surface area contributed by atoms with Crippen LogP contribution in [-0.4, -0.2) is 24.7 Å². The maximum absolute atomic E-state index is 13.7. The van der Waals surface area contributed by atoms with Gasteiger partial charge in [-0.2, -0.15) is 4.39 Å². The molecule has 0 saturated carbocycles. The van der Waals surface area contributed by atoms with E-state index < -0.39 is 16.4 Å². The number of ether oxygens (including phenoxy) is 2. The number of nitrogens with zero attached hydrogens (tertiary/aromatic N) is 1. The largest absolute Gasteiger partial charge is 0.381 e. The standard InChI is InChI=1S/C13H16FNO4/c14-13-11(2-1-3-12(13)15(16)17)9-19-8-10-4-6-18-7-5-10/h1-3,10H,4-9H2. The highest BCUT2D eigenvalue weighted by Gasteiger charge is 2.18. The second-order valence-corrected chi connectivity index (χ2v) is 4.58. The molecule has 6 heteroatoms. The lowest BCUT2D eigenvalue weighted by atomic mass is 10.0. The minimum Gasteiger partial charge on any atom is -0.381 e. The van der Waals surface area contributed by atoms with Gasteiger partial charge in [0.05, 0.1) is 18.1 Å². The van der Waals surface area contributed by atoms with Crippen LogP contribution >= 0.6 is 0 Å². The number of nitro benzene ring substituents is 1. The molecule has 1 fully saturated rings. The molecule has 0 radical (unpaired) electrons. The predicted molar refractivity (Wildman–Crippen MR) is 66.3 cm³/mol. The summed E-state index contributed by atoms with van der Waals surface area (Å²) in [6, 6.07) is 4.12. The van der Waals surface area contributed by atoms with E-state index in [1.807, 2.05) is 0 Å². The lowest BCUT2D eigenvalue weighted by molar-refractivity contribution is -0.387. The van der Waals surface area contributed by atoms with Crippen molar-refractivity contribution in [2.75, 3.05) is 19.8 Å². The molecule has 1 aromatic rings. The van der Waals surface area contributed by atoms with Gasteiger partial charge in [0.15, 0.2) is 0 Å². The number of nitro groups is 1. The van der Waals surface area contributed by atoms with Crippen LogP contribution in [0.2, 0.25) is 0 Å². The minimum atomic E-state index is -0.806. The first-order valence-electron chi connectivity index (χ1n) is 6.25. The topological polar surface area (TPSA) is 61.6 Å². The number of benzene rings is 1. The molecule has 5 nitrogen and oxygen atoms in total. The summed E-state index contributed by atoms with van der Waals surface area (Å²) in [6.45, 7) is 2.06. The molecule has 1 heterocycles. The van der Waals surface area contributed by atoms with Crippen LogP contribution in [0.1, 0.15) is 18.4 Å². The molecule has 19 heavy (non-hydrogen) atoms. The quantitative estimate of drug-likeness (QED) is 0.609. The van der Waals surface area contributed by atoms with E-state index in [0.29, 0.717) is 12.5 Å². The fourth-order valence-corrected chi connectivity index (χ4v) is 2.07. The number of hydrogen-bond acceptors (Lipinski definition) is 4. The zero-order valence-corrected chi connectivity index (χ0v) is 10.5. The van der Waals surface area contributed by atoms with Gasteiger partial charge in [-0.3, -0.25) is 10.1 Å². The zero-order chi connectivity index (χ0) is 13.7. The summed E-state index contributed by atoms with van der Waals surface area (Å²) in [7, 11) is 0. The van der Waals surface area contributed by atoms with Crippen molar-refractivity contribution in [3.8, 4) is 0 Å². The Morgan fingerprint density at radius 3 is 2.84 bits per heavy atom. The molecule has 0 aliphatic carbocycles. The zero-order valence-electron chi connectivity index (χ0n) is 10.5. The summed E-state index contributed by atoms with van der Waals surface area (Å²) in [5, 5.41) is 10.6. The first kappa shape index (κ1) is 13.9. The van der Waals surface area contributed by atoms with Crippen LogP contribution in [0.15, 0.2) is 18.2 Å². The second kappa shape index (κ2) is 6.58. The fraction of sp³-hybridized carbons (Fsp3) is 0.538. The van der Waals surface area contributed by atoms with Gasteiger partial charge in [0.1, 0.15) is 0 Å². The van der Waals surface area contributed by atoms with E-state index >= 15 is 0 Å². The van der Waals surface area contributed by atoms with Crippen molar-refractivity contribution in [2.45, 2.75) is 19.4 Å². The van der Waals surface area contributed by atoms with Crippen LogP contribution in [0, 0.1) is 21.8 Å². The molecule has 0 unspecified atom stereocenters. The molecule has 0 N–H and O–H groups in total. The second-order valence-electron chi connectivity index (χ2n) is 4.58. The smallest absolute Gasteiger partial charge is 0.305 e.